The molecular formula is C25H21NO6S. The van der Waals surface area contributed by atoms with Crippen molar-refractivity contribution in [3.8, 4) is 11.5 Å². The molecule has 0 bridgehead atoms. The molecule has 2 heterocycles. The molecule has 1 atom stereocenters. The molecular weight excluding hydrogens is 442 g/mol. The largest absolute Gasteiger partial charge is 0.502 e. The molecule has 1 N–H and O–H groups in total. The Hall–Kier alpha value is -3.78. The zero-order chi connectivity index (χ0) is 23.2. The molecule has 0 spiro atoms. The van der Waals surface area contributed by atoms with Crippen LogP contribution in [-0.4, -0.2) is 31.1 Å². The molecule has 3 aromatic carbocycles. The van der Waals surface area contributed by atoms with Crippen LogP contribution in [0.4, 0.5) is 0 Å². The number of aryl methyl sites for hydroxylation is 1. The van der Waals surface area contributed by atoms with Crippen LogP contribution in [0.3, 0.4) is 0 Å². The van der Waals surface area contributed by atoms with Gasteiger partial charge >= 0.3 is 0 Å². The number of amides is 1. The maximum Gasteiger partial charge on any atom is 0.290 e. The van der Waals surface area contributed by atoms with E-state index in [-0.39, 0.29) is 23.1 Å². The highest BCUT2D eigenvalue weighted by atomic mass is 32.2. The highest BCUT2D eigenvalue weighted by Crippen LogP contribution is 2.44. The van der Waals surface area contributed by atoms with Gasteiger partial charge < -0.3 is 19.5 Å². The van der Waals surface area contributed by atoms with Crippen LogP contribution in [0.5, 0.6) is 11.5 Å². The molecule has 0 aromatic heterocycles. The molecule has 0 fully saturated rings. The second-order valence-electron chi connectivity index (χ2n) is 7.96. The molecule has 3 aromatic rings. The molecule has 33 heavy (non-hydrogen) atoms. The van der Waals surface area contributed by atoms with Gasteiger partial charge in [-0.05, 0) is 42.3 Å². The first-order chi connectivity index (χ1) is 15.9. The number of carbonyl (C=O) groups is 1. The molecule has 0 saturated carbocycles. The van der Waals surface area contributed by atoms with Gasteiger partial charge in [0.05, 0.1) is 10.9 Å². The first-order valence-corrected chi connectivity index (χ1v) is 11.8. The van der Waals surface area contributed by atoms with Gasteiger partial charge in [0.1, 0.15) is 4.91 Å². The zero-order valence-electron chi connectivity index (χ0n) is 17.8. The quantitative estimate of drug-likeness (QED) is 0.614. The van der Waals surface area contributed by atoms with Crippen molar-refractivity contribution >= 4 is 15.7 Å². The van der Waals surface area contributed by atoms with E-state index in [1.165, 1.54) is 17.0 Å². The number of sulfone groups is 1. The van der Waals surface area contributed by atoms with Crippen LogP contribution in [0.25, 0.3) is 0 Å². The molecule has 0 radical (unpaired) electrons. The minimum Gasteiger partial charge on any atom is -0.502 e. The average molecular weight is 464 g/mol. The summed E-state index contributed by atoms with van der Waals surface area (Å²) in [7, 11) is -4.14. The monoisotopic (exact) mass is 463 g/mol. The SMILES string of the molecule is Cc1ccc([C@@H]2C(S(=O)(=O)c3ccccc3)=C(O)C(=O)N2Cc2ccc3c(c2)OCO3)cc1. The zero-order valence-corrected chi connectivity index (χ0v) is 18.6. The molecule has 0 saturated heterocycles. The normalized spacial score (nSPS) is 17.7. The lowest BCUT2D eigenvalue weighted by molar-refractivity contribution is -0.130. The van der Waals surface area contributed by atoms with Gasteiger partial charge in [0.15, 0.2) is 17.3 Å². The molecule has 2 aliphatic rings. The van der Waals surface area contributed by atoms with E-state index >= 15 is 0 Å². The van der Waals surface area contributed by atoms with Gasteiger partial charge in [-0.25, -0.2) is 8.42 Å². The number of nitrogens with zero attached hydrogens (tertiary/aromatic N) is 1. The molecule has 8 heteroatoms. The fourth-order valence-electron chi connectivity index (χ4n) is 4.11. The van der Waals surface area contributed by atoms with Crippen molar-refractivity contribution < 1.29 is 27.8 Å². The summed E-state index contributed by atoms with van der Waals surface area (Å²) in [5.41, 5.74) is 2.30. The van der Waals surface area contributed by atoms with Gasteiger partial charge in [-0.3, -0.25) is 4.79 Å². The fourth-order valence-corrected chi connectivity index (χ4v) is 5.78. The Morgan fingerprint density at radius 1 is 0.970 bits per heavy atom. The number of aliphatic hydroxyl groups is 1. The minimum absolute atomic E-state index is 0.0152. The van der Waals surface area contributed by atoms with Gasteiger partial charge in [-0.1, -0.05) is 54.1 Å². The van der Waals surface area contributed by atoms with Crippen molar-refractivity contribution in [3.05, 3.63) is 100 Å². The van der Waals surface area contributed by atoms with Crippen molar-refractivity contribution in [2.45, 2.75) is 24.4 Å². The third kappa shape index (κ3) is 3.62. The second-order valence-corrected chi connectivity index (χ2v) is 9.88. The van der Waals surface area contributed by atoms with Crippen molar-refractivity contribution in [2.24, 2.45) is 0 Å². The Morgan fingerprint density at radius 3 is 2.39 bits per heavy atom. The van der Waals surface area contributed by atoms with Crippen molar-refractivity contribution in [1.82, 2.24) is 4.90 Å². The van der Waals surface area contributed by atoms with Gasteiger partial charge in [-0.2, -0.15) is 0 Å². The lowest BCUT2D eigenvalue weighted by atomic mass is 10.0. The summed E-state index contributed by atoms with van der Waals surface area (Å²) in [6.07, 6.45) is 0. The Balaban J connectivity index is 1.61. The van der Waals surface area contributed by atoms with E-state index in [1.54, 1.807) is 48.5 Å². The second kappa shape index (κ2) is 7.97. The summed E-state index contributed by atoms with van der Waals surface area (Å²) >= 11 is 0. The van der Waals surface area contributed by atoms with Crippen molar-refractivity contribution in [1.29, 1.82) is 0 Å². The Morgan fingerprint density at radius 2 is 1.67 bits per heavy atom. The van der Waals surface area contributed by atoms with E-state index in [4.69, 9.17) is 9.47 Å². The molecule has 0 aliphatic carbocycles. The number of benzene rings is 3. The van der Waals surface area contributed by atoms with E-state index in [0.717, 1.165) is 11.1 Å². The summed E-state index contributed by atoms with van der Waals surface area (Å²) in [6.45, 7) is 2.12. The number of rotatable bonds is 5. The minimum atomic E-state index is -4.14. The maximum atomic E-state index is 13.6. The maximum absolute atomic E-state index is 13.6. The Bertz CT molecular complexity index is 1360. The molecule has 168 valence electrons. The molecule has 2 aliphatic heterocycles. The van der Waals surface area contributed by atoms with E-state index < -0.39 is 27.5 Å². The lowest BCUT2D eigenvalue weighted by Gasteiger charge is -2.27. The summed E-state index contributed by atoms with van der Waals surface area (Å²) in [5, 5.41) is 10.8. The first-order valence-electron chi connectivity index (χ1n) is 10.4. The number of fused-ring (bicyclic) bond motifs is 1. The van der Waals surface area contributed by atoms with E-state index in [0.29, 0.717) is 17.1 Å². The van der Waals surface area contributed by atoms with E-state index in [9.17, 15) is 18.3 Å². The summed E-state index contributed by atoms with van der Waals surface area (Å²) in [5.74, 6) is -0.340. The summed E-state index contributed by atoms with van der Waals surface area (Å²) < 4.78 is 37.9. The number of ether oxygens (including phenoxy) is 2. The standard InChI is InChI=1S/C25H21NO6S/c1-16-7-10-18(11-8-16)22-24(33(29,30)19-5-3-2-4-6-19)23(27)25(28)26(22)14-17-9-12-20-21(13-17)32-15-31-20/h2-13,22,27H,14-15H2,1H3/t22-/m1/s1. The summed E-state index contributed by atoms with van der Waals surface area (Å²) in [6, 6.07) is 19.4. The predicted octanol–water partition coefficient (Wildman–Crippen LogP) is 4.05. The van der Waals surface area contributed by atoms with Gasteiger partial charge in [0, 0.05) is 6.54 Å². The van der Waals surface area contributed by atoms with Crippen molar-refractivity contribution in [3.63, 3.8) is 0 Å². The summed E-state index contributed by atoms with van der Waals surface area (Å²) in [4.78, 5) is 14.2. The lowest BCUT2D eigenvalue weighted by Crippen LogP contribution is -2.30. The van der Waals surface area contributed by atoms with Crippen LogP contribution in [0.1, 0.15) is 22.7 Å². The number of carbonyl (C=O) groups excluding carboxylic acids is 1. The number of aliphatic hydroxyl groups excluding tert-OH is 1. The Kier molecular flexibility index (Phi) is 5.09. The van der Waals surface area contributed by atoms with Gasteiger partial charge in [0.2, 0.25) is 16.6 Å². The third-order valence-electron chi connectivity index (χ3n) is 5.78. The smallest absolute Gasteiger partial charge is 0.290 e. The fraction of sp³-hybridized carbons (Fsp3) is 0.160. The molecule has 7 nitrogen and oxygen atoms in total. The van der Waals surface area contributed by atoms with E-state index in [2.05, 4.69) is 0 Å². The van der Waals surface area contributed by atoms with Gasteiger partial charge in [0.25, 0.3) is 5.91 Å². The predicted molar refractivity (Wildman–Crippen MR) is 120 cm³/mol. The first kappa shape index (κ1) is 21.1. The highest BCUT2D eigenvalue weighted by Gasteiger charge is 2.46. The van der Waals surface area contributed by atoms with Crippen LogP contribution in [0.2, 0.25) is 0 Å². The highest BCUT2D eigenvalue weighted by molar-refractivity contribution is 7.95. The van der Waals surface area contributed by atoms with Crippen molar-refractivity contribution in [2.75, 3.05) is 6.79 Å². The van der Waals surface area contributed by atoms with Crippen LogP contribution < -0.4 is 9.47 Å². The average Bonchev–Trinajstić information content (AvgIpc) is 3.38. The van der Waals surface area contributed by atoms with Gasteiger partial charge in [-0.15, -0.1) is 0 Å². The molecule has 1 amide bonds. The van der Waals surface area contributed by atoms with Crippen LogP contribution >= 0.6 is 0 Å². The Labute approximate surface area is 191 Å². The number of hydrogen-bond acceptors (Lipinski definition) is 6. The molecule has 5 rings (SSSR count). The van der Waals surface area contributed by atoms with Crippen LogP contribution in [0.15, 0.2) is 88.4 Å². The topological polar surface area (TPSA) is 93.1 Å². The molecule has 0 unspecified atom stereocenters. The van der Waals surface area contributed by atoms with Crippen LogP contribution in [-0.2, 0) is 21.2 Å². The van der Waals surface area contributed by atoms with Crippen LogP contribution in [0, 0.1) is 6.92 Å². The third-order valence-corrected chi connectivity index (χ3v) is 7.67. The van der Waals surface area contributed by atoms with E-state index in [1.807, 2.05) is 19.1 Å². The number of hydrogen-bond donors (Lipinski definition) is 1.